The first-order chi connectivity index (χ1) is 8.66. The Morgan fingerprint density at radius 1 is 1.33 bits per heavy atom. The van der Waals surface area contributed by atoms with E-state index in [1.54, 1.807) is 25.4 Å². The second-order valence-electron chi connectivity index (χ2n) is 3.81. The first-order valence-corrected chi connectivity index (χ1v) is 6.32. The topological polar surface area (TPSA) is 55.2 Å². The molecule has 2 aromatic rings. The molecule has 0 spiro atoms. The molecule has 0 fully saturated rings. The monoisotopic (exact) mass is 308 g/mol. The van der Waals surface area contributed by atoms with Gasteiger partial charge < -0.3 is 9.84 Å². The van der Waals surface area contributed by atoms with Gasteiger partial charge in [0.25, 0.3) is 0 Å². The van der Waals surface area contributed by atoms with Gasteiger partial charge in [-0.05, 0) is 31.2 Å². The molecule has 1 N–H and O–H groups in total. The van der Waals surface area contributed by atoms with Crippen molar-refractivity contribution in [2.75, 3.05) is 0 Å². The number of aliphatic hydroxyl groups excluding tert-OH is 1. The molecular weight excluding hydrogens is 296 g/mol. The van der Waals surface area contributed by atoms with E-state index in [-0.39, 0.29) is 6.61 Å². The molecule has 1 atom stereocenters. The van der Waals surface area contributed by atoms with Gasteiger partial charge in [0.15, 0.2) is 5.82 Å². The maximum absolute atomic E-state index is 9.69. The Bertz CT molecular complexity index is 518. The molecule has 0 saturated heterocycles. The number of aromatic nitrogens is 2. The maximum atomic E-state index is 9.69. The van der Waals surface area contributed by atoms with Crippen LogP contribution >= 0.6 is 15.9 Å². The standard InChI is InChI=1S/C13H13BrN2O2/c1-9(17)11-7-10(14)3-4-12(11)18-8-13-15-5-2-6-16-13/h2-7,9,17H,8H2,1H3/t9-/m0/s1. The smallest absolute Gasteiger partial charge is 0.166 e. The van der Waals surface area contributed by atoms with Crippen LogP contribution in [0.25, 0.3) is 0 Å². The predicted octanol–water partition coefficient (Wildman–Crippen LogP) is 2.87. The minimum absolute atomic E-state index is 0.280. The lowest BCUT2D eigenvalue weighted by Gasteiger charge is -2.13. The van der Waals surface area contributed by atoms with Gasteiger partial charge in [-0.2, -0.15) is 0 Å². The van der Waals surface area contributed by atoms with Crippen molar-refractivity contribution >= 4 is 15.9 Å². The molecule has 5 heteroatoms. The van der Waals surface area contributed by atoms with Gasteiger partial charge >= 0.3 is 0 Å². The fourth-order valence-electron chi connectivity index (χ4n) is 1.52. The molecule has 0 saturated carbocycles. The van der Waals surface area contributed by atoms with Crippen molar-refractivity contribution in [1.82, 2.24) is 9.97 Å². The molecule has 0 aliphatic heterocycles. The Morgan fingerprint density at radius 2 is 2.06 bits per heavy atom. The fraction of sp³-hybridized carbons (Fsp3) is 0.231. The van der Waals surface area contributed by atoms with Crippen LogP contribution in [0.1, 0.15) is 24.4 Å². The van der Waals surface area contributed by atoms with E-state index >= 15 is 0 Å². The van der Waals surface area contributed by atoms with Gasteiger partial charge in [0.05, 0.1) is 6.10 Å². The highest BCUT2D eigenvalue weighted by Gasteiger charge is 2.10. The number of hydrogen-bond donors (Lipinski definition) is 1. The molecule has 0 aliphatic rings. The number of halogens is 1. The predicted molar refractivity (Wildman–Crippen MR) is 71.1 cm³/mol. The van der Waals surface area contributed by atoms with Crippen LogP contribution in [0.3, 0.4) is 0 Å². The van der Waals surface area contributed by atoms with Gasteiger partial charge in [0.2, 0.25) is 0 Å². The zero-order valence-corrected chi connectivity index (χ0v) is 11.5. The van der Waals surface area contributed by atoms with Crippen LogP contribution in [0.4, 0.5) is 0 Å². The van der Waals surface area contributed by atoms with Crippen LogP contribution in [0.5, 0.6) is 5.75 Å². The van der Waals surface area contributed by atoms with Gasteiger partial charge in [-0.15, -0.1) is 0 Å². The molecule has 4 nitrogen and oxygen atoms in total. The van der Waals surface area contributed by atoms with Gasteiger partial charge in [-0.1, -0.05) is 15.9 Å². The summed E-state index contributed by atoms with van der Waals surface area (Å²) >= 11 is 3.37. The minimum atomic E-state index is -0.589. The van der Waals surface area contributed by atoms with Gasteiger partial charge in [-0.3, -0.25) is 0 Å². The summed E-state index contributed by atoms with van der Waals surface area (Å²) in [4.78, 5) is 8.16. The van der Waals surface area contributed by atoms with E-state index in [1.807, 2.05) is 18.2 Å². The summed E-state index contributed by atoms with van der Waals surface area (Å²) in [7, 11) is 0. The number of benzene rings is 1. The number of hydrogen-bond acceptors (Lipinski definition) is 4. The van der Waals surface area contributed by atoms with Crippen molar-refractivity contribution in [3.05, 3.63) is 52.5 Å². The van der Waals surface area contributed by atoms with E-state index in [0.29, 0.717) is 11.6 Å². The van der Waals surface area contributed by atoms with Crippen LogP contribution in [0, 0.1) is 0 Å². The van der Waals surface area contributed by atoms with Gasteiger partial charge in [0, 0.05) is 22.4 Å². The first kappa shape index (κ1) is 13.0. The molecule has 1 aromatic heterocycles. The minimum Gasteiger partial charge on any atom is -0.485 e. The summed E-state index contributed by atoms with van der Waals surface area (Å²) in [5.74, 6) is 1.25. The Morgan fingerprint density at radius 3 is 2.72 bits per heavy atom. The number of ether oxygens (including phenoxy) is 1. The Balaban J connectivity index is 2.14. The molecule has 0 aliphatic carbocycles. The van der Waals surface area contributed by atoms with E-state index in [1.165, 1.54) is 0 Å². The van der Waals surface area contributed by atoms with Crippen LogP contribution in [0.15, 0.2) is 41.1 Å². The van der Waals surface area contributed by atoms with Crippen LogP contribution in [-0.2, 0) is 6.61 Å². The van der Waals surface area contributed by atoms with Crippen LogP contribution in [-0.4, -0.2) is 15.1 Å². The molecule has 0 radical (unpaired) electrons. The van der Waals surface area contributed by atoms with Crippen molar-refractivity contribution in [2.24, 2.45) is 0 Å². The van der Waals surface area contributed by atoms with Crippen molar-refractivity contribution in [1.29, 1.82) is 0 Å². The third-order valence-electron chi connectivity index (χ3n) is 2.40. The summed E-state index contributed by atoms with van der Waals surface area (Å²) < 4.78 is 6.54. The highest BCUT2D eigenvalue weighted by Crippen LogP contribution is 2.28. The Kier molecular flexibility index (Phi) is 4.28. The zero-order chi connectivity index (χ0) is 13.0. The fourth-order valence-corrected chi connectivity index (χ4v) is 1.90. The summed E-state index contributed by atoms with van der Waals surface area (Å²) in [6.07, 6.45) is 2.75. The lowest BCUT2D eigenvalue weighted by atomic mass is 10.1. The average Bonchev–Trinajstić information content (AvgIpc) is 2.38. The van der Waals surface area contributed by atoms with Crippen molar-refractivity contribution in [2.45, 2.75) is 19.6 Å². The van der Waals surface area contributed by atoms with Crippen LogP contribution in [0.2, 0.25) is 0 Å². The number of rotatable bonds is 4. The molecule has 0 amide bonds. The quantitative estimate of drug-likeness (QED) is 0.943. The van der Waals surface area contributed by atoms with Crippen molar-refractivity contribution < 1.29 is 9.84 Å². The molecule has 1 aromatic carbocycles. The zero-order valence-electron chi connectivity index (χ0n) is 9.88. The number of aliphatic hydroxyl groups is 1. The normalized spacial score (nSPS) is 12.2. The molecule has 0 bridgehead atoms. The molecule has 0 unspecified atom stereocenters. The average molecular weight is 309 g/mol. The Labute approximate surface area is 114 Å². The van der Waals surface area contributed by atoms with Crippen molar-refractivity contribution in [3.8, 4) is 5.75 Å². The summed E-state index contributed by atoms with van der Waals surface area (Å²) in [5, 5.41) is 9.69. The number of nitrogens with zero attached hydrogens (tertiary/aromatic N) is 2. The molecule has 94 valence electrons. The third-order valence-corrected chi connectivity index (χ3v) is 2.89. The highest BCUT2D eigenvalue weighted by atomic mass is 79.9. The molecular formula is C13H13BrN2O2. The van der Waals surface area contributed by atoms with E-state index in [4.69, 9.17) is 4.74 Å². The molecule has 2 rings (SSSR count). The summed E-state index contributed by atoms with van der Waals surface area (Å²) in [6, 6.07) is 7.28. The second-order valence-corrected chi connectivity index (χ2v) is 4.73. The molecule has 18 heavy (non-hydrogen) atoms. The van der Waals surface area contributed by atoms with E-state index in [9.17, 15) is 5.11 Å². The summed E-state index contributed by atoms with van der Waals surface area (Å²) in [6.45, 7) is 1.98. The van der Waals surface area contributed by atoms with E-state index < -0.39 is 6.10 Å². The van der Waals surface area contributed by atoms with Gasteiger partial charge in [0.1, 0.15) is 12.4 Å². The first-order valence-electron chi connectivity index (χ1n) is 5.53. The second kappa shape index (κ2) is 5.93. The highest BCUT2D eigenvalue weighted by molar-refractivity contribution is 9.10. The lowest BCUT2D eigenvalue weighted by Crippen LogP contribution is -2.03. The van der Waals surface area contributed by atoms with E-state index in [2.05, 4.69) is 25.9 Å². The van der Waals surface area contributed by atoms with Crippen LogP contribution < -0.4 is 4.74 Å². The molecule has 1 heterocycles. The largest absolute Gasteiger partial charge is 0.485 e. The SMILES string of the molecule is C[C@H](O)c1cc(Br)ccc1OCc1ncccn1. The lowest BCUT2D eigenvalue weighted by molar-refractivity contribution is 0.189. The Hall–Kier alpha value is -1.46. The third kappa shape index (κ3) is 3.27. The van der Waals surface area contributed by atoms with Crippen molar-refractivity contribution in [3.63, 3.8) is 0 Å². The maximum Gasteiger partial charge on any atom is 0.166 e. The van der Waals surface area contributed by atoms with Gasteiger partial charge in [-0.25, -0.2) is 9.97 Å². The van der Waals surface area contributed by atoms with E-state index in [0.717, 1.165) is 10.0 Å². The summed E-state index contributed by atoms with van der Waals surface area (Å²) in [5.41, 5.74) is 0.736.